The van der Waals surface area contributed by atoms with Crippen LogP contribution in [0.5, 0.6) is 0 Å². The Morgan fingerprint density at radius 2 is 2.00 bits per heavy atom. The molecule has 118 valence electrons. The first-order valence-electron chi connectivity index (χ1n) is 7.22. The molecule has 1 heterocycles. The number of benzene rings is 2. The molecule has 0 radical (unpaired) electrons. The highest BCUT2D eigenvalue weighted by Gasteiger charge is 2.24. The van der Waals surface area contributed by atoms with Crippen molar-refractivity contribution in [1.82, 2.24) is 0 Å². The molecule has 2 aromatic carbocycles. The molecule has 0 unspecified atom stereocenters. The Bertz CT molecular complexity index is 779. The SMILES string of the molecule is O=C(Nc1ccccc1N1CCCC1=O)c1ccc(F)cc1Cl. The van der Waals surface area contributed by atoms with Gasteiger partial charge in [0, 0.05) is 13.0 Å². The third-order valence-electron chi connectivity index (χ3n) is 3.69. The van der Waals surface area contributed by atoms with E-state index in [-0.39, 0.29) is 16.5 Å². The smallest absolute Gasteiger partial charge is 0.257 e. The molecular formula is C17H14ClFN2O2. The Morgan fingerprint density at radius 1 is 1.22 bits per heavy atom. The molecule has 1 saturated heterocycles. The van der Waals surface area contributed by atoms with Crippen molar-refractivity contribution < 1.29 is 14.0 Å². The predicted octanol–water partition coefficient (Wildman–Crippen LogP) is 3.86. The number of hydrogen-bond donors (Lipinski definition) is 1. The quantitative estimate of drug-likeness (QED) is 0.928. The number of halogens is 2. The van der Waals surface area contributed by atoms with E-state index in [1.54, 1.807) is 23.1 Å². The summed E-state index contributed by atoms with van der Waals surface area (Å²) in [6.45, 7) is 0.628. The molecule has 2 aromatic rings. The number of hydrogen-bond acceptors (Lipinski definition) is 2. The number of amides is 2. The second-order valence-corrected chi connectivity index (χ2v) is 5.65. The van der Waals surface area contributed by atoms with E-state index in [1.165, 1.54) is 12.1 Å². The van der Waals surface area contributed by atoms with Gasteiger partial charge >= 0.3 is 0 Å². The van der Waals surface area contributed by atoms with Crippen LogP contribution in [0.15, 0.2) is 42.5 Å². The minimum atomic E-state index is -0.505. The van der Waals surface area contributed by atoms with E-state index >= 15 is 0 Å². The van der Waals surface area contributed by atoms with Crippen molar-refractivity contribution in [2.75, 3.05) is 16.8 Å². The number of nitrogens with zero attached hydrogens (tertiary/aromatic N) is 1. The van der Waals surface area contributed by atoms with Crippen molar-refractivity contribution in [2.45, 2.75) is 12.8 Å². The van der Waals surface area contributed by atoms with Crippen LogP contribution in [0.25, 0.3) is 0 Å². The Kier molecular flexibility index (Phi) is 4.30. The molecule has 3 rings (SSSR count). The molecule has 1 N–H and O–H groups in total. The fraction of sp³-hybridized carbons (Fsp3) is 0.176. The summed E-state index contributed by atoms with van der Waals surface area (Å²) in [7, 11) is 0. The van der Waals surface area contributed by atoms with Crippen LogP contribution in [-0.4, -0.2) is 18.4 Å². The van der Waals surface area contributed by atoms with Gasteiger partial charge in [0.05, 0.1) is 22.0 Å². The summed E-state index contributed by atoms with van der Waals surface area (Å²) in [4.78, 5) is 26.0. The normalized spacial score (nSPS) is 14.2. The van der Waals surface area contributed by atoms with Gasteiger partial charge in [-0.25, -0.2) is 4.39 Å². The van der Waals surface area contributed by atoms with Crippen LogP contribution in [0.2, 0.25) is 5.02 Å². The van der Waals surface area contributed by atoms with Gasteiger partial charge in [-0.1, -0.05) is 23.7 Å². The lowest BCUT2D eigenvalue weighted by atomic mass is 10.2. The van der Waals surface area contributed by atoms with Gasteiger partial charge in [-0.3, -0.25) is 9.59 Å². The van der Waals surface area contributed by atoms with E-state index < -0.39 is 11.7 Å². The first kappa shape index (κ1) is 15.5. The molecule has 6 heteroatoms. The van der Waals surface area contributed by atoms with Crippen molar-refractivity contribution in [3.63, 3.8) is 0 Å². The molecule has 2 amide bonds. The Balaban J connectivity index is 1.88. The molecule has 0 aliphatic carbocycles. The molecule has 1 aliphatic heterocycles. The van der Waals surface area contributed by atoms with Gasteiger partial charge in [0.1, 0.15) is 5.82 Å². The number of carbonyl (C=O) groups is 2. The molecule has 1 aliphatic rings. The molecule has 23 heavy (non-hydrogen) atoms. The number of para-hydroxylation sites is 2. The molecular weight excluding hydrogens is 319 g/mol. The van der Waals surface area contributed by atoms with Crippen LogP contribution in [0.1, 0.15) is 23.2 Å². The fourth-order valence-corrected chi connectivity index (χ4v) is 2.83. The number of carbonyl (C=O) groups excluding carboxylic acids is 2. The van der Waals surface area contributed by atoms with Gasteiger partial charge in [-0.05, 0) is 36.8 Å². The number of anilines is 2. The third-order valence-corrected chi connectivity index (χ3v) is 4.00. The number of nitrogens with one attached hydrogen (secondary N) is 1. The minimum Gasteiger partial charge on any atom is -0.320 e. The monoisotopic (exact) mass is 332 g/mol. The highest BCUT2D eigenvalue weighted by atomic mass is 35.5. The molecule has 4 nitrogen and oxygen atoms in total. The highest BCUT2D eigenvalue weighted by Crippen LogP contribution is 2.30. The Morgan fingerprint density at radius 3 is 2.70 bits per heavy atom. The van der Waals surface area contributed by atoms with Gasteiger partial charge < -0.3 is 10.2 Å². The van der Waals surface area contributed by atoms with Crippen molar-refractivity contribution in [3.05, 3.63) is 58.9 Å². The summed E-state index contributed by atoms with van der Waals surface area (Å²) in [6, 6.07) is 10.7. The van der Waals surface area contributed by atoms with Gasteiger partial charge in [-0.2, -0.15) is 0 Å². The van der Waals surface area contributed by atoms with E-state index in [0.29, 0.717) is 24.3 Å². The van der Waals surface area contributed by atoms with E-state index in [0.717, 1.165) is 12.5 Å². The fourth-order valence-electron chi connectivity index (χ4n) is 2.58. The van der Waals surface area contributed by atoms with E-state index in [9.17, 15) is 14.0 Å². The molecule has 0 aromatic heterocycles. The van der Waals surface area contributed by atoms with E-state index in [4.69, 9.17) is 11.6 Å². The summed E-state index contributed by atoms with van der Waals surface area (Å²) < 4.78 is 13.1. The zero-order valence-corrected chi connectivity index (χ0v) is 12.9. The van der Waals surface area contributed by atoms with Crippen molar-refractivity contribution >= 4 is 34.8 Å². The first-order chi connectivity index (χ1) is 11.1. The first-order valence-corrected chi connectivity index (χ1v) is 7.60. The van der Waals surface area contributed by atoms with E-state index in [2.05, 4.69) is 5.32 Å². The molecule has 0 atom stereocenters. The van der Waals surface area contributed by atoms with Crippen LogP contribution < -0.4 is 10.2 Å². The molecule has 0 saturated carbocycles. The Labute approximate surface area is 137 Å². The molecule has 0 spiro atoms. The highest BCUT2D eigenvalue weighted by molar-refractivity contribution is 6.34. The predicted molar refractivity (Wildman–Crippen MR) is 87.4 cm³/mol. The summed E-state index contributed by atoms with van der Waals surface area (Å²) in [5.41, 5.74) is 1.35. The van der Waals surface area contributed by atoms with Gasteiger partial charge in [-0.15, -0.1) is 0 Å². The average molecular weight is 333 g/mol. The van der Waals surface area contributed by atoms with Crippen molar-refractivity contribution in [3.8, 4) is 0 Å². The maximum atomic E-state index is 13.1. The lowest BCUT2D eigenvalue weighted by molar-refractivity contribution is -0.117. The van der Waals surface area contributed by atoms with Crippen LogP contribution in [0, 0.1) is 5.82 Å². The standard InChI is InChI=1S/C17H14ClFN2O2/c18-13-10-11(19)7-8-12(13)17(23)20-14-4-1-2-5-15(14)21-9-3-6-16(21)22/h1-2,4-5,7-8,10H,3,6,9H2,(H,20,23). The Hall–Kier alpha value is -2.40. The van der Waals surface area contributed by atoms with Crippen LogP contribution in [0.4, 0.5) is 15.8 Å². The zero-order valence-electron chi connectivity index (χ0n) is 12.2. The van der Waals surface area contributed by atoms with Gasteiger partial charge in [0.15, 0.2) is 0 Å². The maximum Gasteiger partial charge on any atom is 0.257 e. The second-order valence-electron chi connectivity index (χ2n) is 5.24. The third kappa shape index (κ3) is 3.19. The average Bonchev–Trinajstić information content (AvgIpc) is 2.93. The summed E-state index contributed by atoms with van der Waals surface area (Å²) in [6.07, 6.45) is 1.30. The van der Waals surface area contributed by atoms with Crippen LogP contribution >= 0.6 is 11.6 Å². The lowest BCUT2D eigenvalue weighted by Gasteiger charge is -2.20. The van der Waals surface area contributed by atoms with Crippen molar-refractivity contribution in [1.29, 1.82) is 0 Å². The lowest BCUT2D eigenvalue weighted by Crippen LogP contribution is -2.25. The summed E-state index contributed by atoms with van der Waals surface area (Å²) in [5.74, 6) is -0.921. The minimum absolute atomic E-state index is 0.0338. The molecule has 0 bridgehead atoms. The van der Waals surface area contributed by atoms with Crippen molar-refractivity contribution in [2.24, 2.45) is 0 Å². The zero-order chi connectivity index (χ0) is 16.4. The molecule has 1 fully saturated rings. The second kappa shape index (κ2) is 6.38. The summed E-state index contributed by atoms with van der Waals surface area (Å²) in [5, 5.41) is 2.78. The largest absolute Gasteiger partial charge is 0.320 e. The van der Waals surface area contributed by atoms with E-state index in [1.807, 2.05) is 6.07 Å². The number of rotatable bonds is 3. The topological polar surface area (TPSA) is 49.4 Å². The van der Waals surface area contributed by atoms with Gasteiger partial charge in [0.2, 0.25) is 5.91 Å². The van der Waals surface area contributed by atoms with Gasteiger partial charge in [0.25, 0.3) is 5.91 Å². The van der Waals surface area contributed by atoms with Crippen LogP contribution in [-0.2, 0) is 4.79 Å². The maximum absolute atomic E-state index is 13.1. The summed E-state index contributed by atoms with van der Waals surface area (Å²) >= 11 is 5.92. The van der Waals surface area contributed by atoms with Crippen LogP contribution in [0.3, 0.4) is 0 Å².